The van der Waals surface area contributed by atoms with E-state index >= 15 is 0 Å². The Morgan fingerprint density at radius 2 is 1.48 bits per heavy atom. The average molecular weight is 385 g/mol. The van der Waals surface area contributed by atoms with Crippen LogP contribution < -0.4 is 0 Å². The summed E-state index contributed by atoms with van der Waals surface area (Å²) in [5.41, 5.74) is 4.74. The highest BCUT2D eigenvalue weighted by molar-refractivity contribution is 5.96. The molecule has 1 aliphatic rings. The third kappa shape index (κ3) is 3.45. The highest BCUT2D eigenvalue weighted by Crippen LogP contribution is 2.29. The molecule has 0 radical (unpaired) electrons. The van der Waals surface area contributed by atoms with Gasteiger partial charge < -0.3 is 14.3 Å². The Hall–Kier alpha value is -3.31. The van der Waals surface area contributed by atoms with Gasteiger partial charge >= 0.3 is 0 Å². The molecule has 5 heteroatoms. The van der Waals surface area contributed by atoms with Crippen LogP contribution in [0.5, 0.6) is 0 Å². The largest absolute Gasteiger partial charge is 0.463 e. The van der Waals surface area contributed by atoms with Crippen molar-refractivity contribution in [2.75, 3.05) is 26.2 Å². The van der Waals surface area contributed by atoms with Gasteiger partial charge in [-0.2, -0.15) is 0 Å². The van der Waals surface area contributed by atoms with E-state index in [2.05, 4.69) is 70.5 Å². The maximum atomic E-state index is 12.9. The zero-order chi connectivity index (χ0) is 19.6. The Balaban J connectivity index is 1.34. The van der Waals surface area contributed by atoms with Crippen molar-refractivity contribution in [1.82, 2.24) is 14.8 Å². The summed E-state index contributed by atoms with van der Waals surface area (Å²) in [7, 11) is 0. The number of aromatic nitrogens is 1. The van der Waals surface area contributed by atoms with Crippen LogP contribution in [0, 0.1) is 0 Å². The lowest BCUT2D eigenvalue weighted by Gasteiger charge is -2.39. The van der Waals surface area contributed by atoms with E-state index in [-0.39, 0.29) is 11.9 Å². The van der Waals surface area contributed by atoms with Crippen molar-refractivity contribution in [3.63, 3.8) is 0 Å². The van der Waals surface area contributed by atoms with E-state index in [1.165, 1.54) is 11.1 Å². The predicted octanol–water partition coefficient (Wildman–Crippen LogP) is 4.31. The minimum Gasteiger partial charge on any atom is -0.463 e. The van der Waals surface area contributed by atoms with Crippen LogP contribution >= 0.6 is 0 Å². The molecule has 1 amide bonds. The highest BCUT2D eigenvalue weighted by atomic mass is 16.3. The molecule has 0 unspecified atom stereocenters. The van der Waals surface area contributed by atoms with Crippen LogP contribution in [0.25, 0.3) is 11.1 Å². The summed E-state index contributed by atoms with van der Waals surface area (Å²) in [6.07, 6.45) is 1.63. The normalized spacial score (nSPS) is 15.3. The molecule has 0 spiro atoms. The summed E-state index contributed by atoms with van der Waals surface area (Å²) in [5, 5.41) is 0. The summed E-state index contributed by atoms with van der Waals surface area (Å²) in [6.45, 7) is 3.07. The lowest BCUT2D eigenvalue weighted by atomic mass is 9.96. The molecule has 4 aromatic rings. The third-order valence-electron chi connectivity index (χ3n) is 5.67. The predicted molar refractivity (Wildman–Crippen MR) is 113 cm³/mol. The van der Waals surface area contributed by atoms with E-state index in [0.717, 1.165) is 24.2 Å². The van der Waals surface area contributed by atoms with Gasteiger partial charge in [0.15, 0.2) is 5.58 Å². The van der Waals surface area contributed by atoms with Crippen LogP contribution in [0.1, 0.15) is 27.7 Å². The number of aromatic amines is 1. The molecule has 5 nitrogen and oxygen atoms in total. The smallest absolute Gasteiger partial charge is 0.270 e. The van der Waals surface area contributed by atoms with E-state index in [4.69, 9.17) is 4.42 Å². The molecule has 0 aliphatic carbocycles. The summed E-state index contributed by atoms with van der Waals surface area (Å²) >= 11 is 0. The molecule has 5 rings (SSSR count). The molecule has 1 saturated heterocycles. The summed E-state index contributed by atoms with van der Waals surface area (Å²) in [5.74, 6) is 0.0343. The molecule has 29 heavy (non-hydrogen) atoms. The Kier molecular flexibility index (Phi) is 4.66. The van der Waals surface area contributed by atoms with Crippen LogP contribution in [-0.2, 0) is 0 Å². The van der Waals surface area contributed by atoms with Crippen LogP contribution in [-0.4, -0.2) is 46.9 Å². The van der Waals surface area contributed by atoms with Crippen molar-refractivity contribution in [3.05, 3.63) is 95.9 Å². The summed E-state index contributed by atoms with van der Waals surface area (Å²) in [6, 6.07) is 25.0. The lowest BCUT2D eigenvalue weighted by molar-refractivity contribution is 0.0592. The second-order valence-electron chi connectivity index (χ2n) is 7.43. The number of nitrogens with zero attached hydrogens (tertiary/aromatic N) is 2. The van der Waals surface area contributed by atoms with Crippen molar-refractivity contribution >= 4 is 17.0 Å². The fourth-order valence-electron chi connectivity index (χ4n) is 4.20. The minimum absolute atomic E-state index is 0.0343. The number of furan rings is 1. The SMILES string of the molecule is O=C(c1cc2occc2[nH]1)N1CCN(C(c2ccccc2)c2ccccc2)CC1. The van der Waals surface area contributed by atoms with Crippen molar-refractivity contribution < 1.29 is 9.21 Å². The lowest BCUT2D eigenvalue weighted by Crippen LogP contribution is -2.50. The van der Waals surface area contributed by atoms with Crippen LogP contribution in [0.2, 0.25) is 0 Å². The van der Waals surface area contributed by atoms with Gasteiger partial charge in [-0.05, 0) is 11.1 Å². The Morgan fingerprint density at radius 3 is 2.07 bits per heavy atom. The van der Waals surface area contributed by atoms with Gasteiger partial charge in [0.2, 0.25) is 0 Å². The molecule has 146 valence electrons. The first kappa shape index (κ1) is 17.8. The first-order chi connectivity index (χ1) is 14.3. The first-order valence-electron chi connectivity index (χ1n) is 9.99. The monoisotopic (exact) mass is 385 g/mol. The maximum Gasteiger partial charge on any atom is 0.270 e. The molecular formula is C24H23N3O2. The van der Waals surface area contributed by atoms with E-state index in [1.807, 2.05) is 11.0 Å². The van der Waals surface area contributed by atoms with E-state index in [1.54, 1.807) is 12.3 Å². The standard InChI is InChI=1S/C24H23N3O2/c28-24(21-17-22-20(25-21)11-16-29-22)27-14-12-26(13-15-27)23(18-7-3-1-4-8-18)19-9-5-2-6-10-19/h1-11,16-17,23,25H,12-15H2. The zero-order valence-corrected chi connectivity index (χ0v) is 16.1. The molecule has 0 atom stereocenters. The number of benzene rings is 2. The number of hydrogen-bond donors (Lipinski definition) is 1. The van der Waals surface area contributed by atoms with Crippen molar-refractivity contribution in [1.29, 1.82) is 0 Å². The van der Waals surface area contributed by atoms with Crippen molar-refractivity contribution in [2.45, 2.75) is 6.04 Å². The number of amides is 1. The number of nitrogens with one attached hydrogen (secondary N) is 1. The number of carbonyl (C=O) groups excluding carboxylic acids is 1. The van der Waals surface area contributed by atoms with Gasteiger partial charge in [-0.3, -0.25) is 9.69 Å². The van der Waals surface area contributed by atoms with Gasteiger partial charge in [0.05, 0.1) is 17.8 Å². The number of rotatable bonds is 4. The third-order valence-corrected chi connectivity index (χ3v) is 5.67. The van der Waals surface area contributed by atoms with Crippen molar-refractivity contribution in [3.8, 4) is 0 Å². The van der Waals surface area contributed by atoms with Crippen LogP contribution in [0.4, 0.5) is 0 Å². The summed E-state index contributed by atoms with van der Waals surface area (Å²) in [4.78, 5) is 20.5. The second-order valence-corrected chi connectivity index (χ2v) is 7.43. The zero-order valence-electron chi connectivity index (χ0n) is 16.1. The van der Waals surface area contributed by atoms with Crippen LogP contribution in [0.3, 0.4) is 0 Å². The number of H-pyrrole nitrogens is 1. The molecular weight excluding hydrogens is 362 g/mol. The molecule has 0 bridgehead atoms. The topological polar surface area (TPSA) is 52.5 Å². The molecule has 1 aliphatic heterocycles. The van der Waals surface area contributed by atoms with Crippen LogP contribution in [0.15, 0.2) is 83.5 Å². The first-order valence-corrected chi connectivity index (χ1v) is 9.99. The number of hydrogen-bond acceptors (Lipinski definition) is 3. The van der Waals surface area contributed by atoms with Gasteiger partial charge in [0.1, 0.15) is 5.69 Å². The number of fused-ring (bicyclic) bond motifs is 1. The summed E-state index contributed by atoms with van der Waals surface area (Å²) < 4.78 is 5.37. The fraction of sp³-hybridized carbons (Fsp3) is 0.208. The molecule has 1 fully saturated rings. The van der Waals surface area contributed by atoms with Gasteiger partial charge in [-0.25, -0.2) is 0 Å². The second kappa shape index (κ2) is 7.60. The Morgan fingerprint density at radius 1 is 0.862 bits per heavy atom. The minimum atomic E-state index is 0.0343. The Bertz CT molecular complexity index is 1020. The van der Waals surface area contributed by atoms with Gasteiger partial charge in [-0.1, -0.05) is 60.7 Å². The highest BCUT2D eigenvalue weighted by Gasteiger charge is 2.29. The molecule has 3 heterocycles. The quantitative estimate of drug-likeness (QED) is 0.570. The van der Waals surface area contributed by atoms with Gasteiger partial charge in [-0.15, -0.1) is 0 Å². The van der Waals surface area contributed by atoms with Gasteiger partial charge in [0.25, 0.3) is 5.91 Å². The maximum absolute atomic E-state index is 12.9. The molecule has 0 saturated carbocycles. The van der Waals surface area contributed by atoms with Crippen molar-refractivity contribution in [2.24, 2.45) is 0 Å². The van der Waals surface area contributed by atoms with E-state index in [9.17, 15) is 4.79 Å². The molecule has 2 aromatic heterocycles. The molecule has 1 N–H and O–H groups in total. The number of piperazine rings is 1. The van der Waals surface area contributed by atoms with Gasteiger partial charge in [0, 0.05) is 38.3 Å². The average Bonchev–Trinajstić information content (AvgIpc) is 3.38. The fourth-order valence-corrected chi connectivity index (χ4v) is 4.20. The number of carbonyl (C=O) groups is 1. The molecule has 2 aromatic carbocycles. The Labute approximate surface area is 169 Å². The van der Waals surface area contributed by atoms with E-state index < -0.39 is 0 Å². The van der Waals surface area contributed by atoms with E-state index in [0.29, 0.717) is 18.8 Å².